The first kappa shape index (κ1) is 16.5. The maximum atomic E-state index is 13.8. The van der Waals surface area contributed by atoms with Crippen LogP contribution in [0, 0.1) is 11.6 Å². The van der Waals surface area contributed by atoms with Crippen LogP contribution in [0.1, 0.15) is 16.5 Å². The minimum atomic E-state index is -0.605. The summed E-state index contributed by atoms with van der Waals surface area (Å²) in [6.45, 7) is 0. The van der Waals surface area contributed by atoms with Crippen molar-refractivity contribution in [2.45, 2.75) is 11.8 Å². The van der Waals surface area contributed by atoms with E-state index in [1.807, 2.05) is 0 Å². The lowest BCUT2D eigenvalue weighted by molar-refractivity contribution is 0.405. The van der Waals surface area contributed by atoms with E-state index in [9.17, 15) is 8.78 Å². The molecule has 2 aromatic rings. The third-order valence-corrected chi connectivity index (χ3v) is 4.41. The quantitative estimate of drug-likeness (QED) is 0.584. The summed E-state index contributed by atoms with van der Waals surface area (Å²) in [6, 6.07) is 7.21. The van der Waals surface area contributed by atoms with Crippen molar-refractivity contribution < 1.29 is 13.5 Å². The standard InChI is InChI=1S/C15H11BrCl2F2O/c1-21-15-7-14(20)10(16)5-9(15)12(18)6-8-11(17)3-2-4-13(8)19/h2-5,7,12H,6H2,1H3. The zero-order valence-corrected chi connectivity index (χ0v) is 14.1. The molecule has 0 amide bonds. The molecule has 1 nitrogen and oxygen atoms in total. The molecule has 0 heterocycles. The molecule has 0 saturated heterocycles. The highest BCUT2D eigenvalue weighted by Crippen LogP contribution is 2.37. The van der Waals surface area contributed by atoms with E-state index in [0.717, 1.165) is 0 Å². The van der Waals surface area contributed by atoms with Gasteiger partial charge in [-0.2, -0.15) is 0 Å². The van der Waals surface area contributed by atoms with Crippen LogP contribution >= 0.6 is 39.1 Å². The van der Waals surface area contributed by atoms with Gasteiger partial charge < -0.3 is 4.74 Å². The van der Waals surface area contributed by atoms with Crippen molar-refractivity contribution >= 4 is 39.1 Å². The van der Waals surface area contributed by atoms with E-state index in [0.29, 0.717) is 21.9 Å². The molecule has 6 heteroatoms. The Kier molecular flexibility index (Phi) is 5.47. The molecule has 2 aromatic carbocycles. The monoisotopic (exact) mass is 394 g/mol. The van der Waals surface area contributed by atoms with Crippen LogP contribution < -0.4 is 4.74 Å². The minimum Gasteiger partial charge on any atom is -0.496 e. The summed E-state index contributed by atoms with van der Waals surface area (Å²) in [4.78, 5) is 0. The molecule has 0 spiro atoms. The Morgan fingerprint density at radius 2 is 1.95 bits per heavy atom. The zero-order chi connectivity index (χ0) is 15.6. The number of ether oxygens (including phenoxy) is 1. The van der Waals surface area contributed by atoms with Crippen molar-refractivity contribution in [1.29, 1.82) is 0 Å². The molecule has 0 aliphatic carbocycles. The largest absolute Gasteiger partial charge is 0.496 e. The Hall–Kier alpha value is -0.840. The maximum absolute atomic E-state index is 13.8. The zero-order valence-electron chi connectivity index (χ0n) is 11.0. The van der Waals surface area contributed by atoms with Crippen molar-refractivity contribution in [3.05, 3.63) is 62.6 Å². The van der Waals surface area contributed by atoms with Gasteiger partial charge in [0.2, 0.25) is 0 Å². The Morgan fingerprint density at radius 3 is 2.57 bits per heavy atom. The Bertz CT molecular complexity index is 644. The molecule has 0 N–H and O–H groups in total. The van der Waals surface area contributed by atoms with Crippen LogP contribution in [-0.2, 0) is 6.42 Å². The van der Waals surface area contributed by atoms with Crippen LogP contribution in [0.4, 0.5) is 8.78 Å². The fourth-order valence-electron chi connectivity index (χ4n) is 1.98. The molecule has 0 aromatic heterocycles. The smallest absolute Gasteiger partial charge is 0.141 e. The summed E-state index contributed by atoms with van der Waals surface area (Å²) < 4.78 is 32.7. The van der Waals surface area contributed by atoms with E-state index in [1.165, 1.54) is 31.4 Å². The minimum absolute atomic E-state index is 0.168. The van der Waals surface area contributed by atoms with Crippen LogP contribution in [0.5, 0.6) is 5.75 Å². The predicted octanol–water partition coefficient (Wildman–Crippen LogP) is 5.91. The molecule has 0 fully saturated rings. The average molecular weight is 396 g/mol. The third-order valence-electron chi connectivity index (χ3n) is 3.06. The second-order valence-corrected chi connectivity index (χ2v) is 6.17. The van der Waals surface area contributed by atoms with Gasteiger partial charge in [0.1, 0.15) is 17.4 Å². The van der Waals surface area contributed by atoms with Crippen LogP contribution in [-0.4, -0.2) is 7.11 Å². The fourth-order valence-corrected chi connectivity index (χ4v) is 2.91. The lowest BCUT2D eigenvalue weighted by atomic mass is 10.0. The summed E-state index contributed by atoms with van der Waals surface area (Å²) in [5.41, 5.74) is 0.883. The molecule has 21 heavy (non-hydrogen) atoms. The van der Waals surface area contributed by atoms with E-state index >= 15 is 0 Å². The molecule has 0 aliphatic heterocycles. The van der Waals surface area contributed by atoms with Gasteiger partial charge in [-0.15, -0.1) is 11.6 Å². The van der Waals surface area contributed by atoms with Crippen LogP contribution in [0.3, 0.4) is 0 Å². The highest BCUT2D eigenvalue weighted by atomic mass is 79.9. The van der Waals surface area contributed by atoms with Gasteiger partial charge in [-0.1, -0.05) is 17.7 Å². The first-order chi connectivity index (χ1) is 9.93. The first-order valence-electron chi connectivity index (χ1n) is 6.04. The molecule has 0 bridgehead atoms. The van der Waals surface area contributed by atoms with Gasteiger partial charge in [0.15, 0.2) is 0 Å². The summed E-state index contributed by atoms with van der Waals surface area (Å²) in [5.74, 6) is -0.570. The second kappa shape index (κ2) is 6.95. The number of benzene rings is 2. The molecular formula is C15H11BrCl2F2O. The summed E-state index contributed by atoms with van der Waals surface area (Å²) in [7, 11) is 1.42. The van der Waals surface area contributed by atoms with E-state index < -0.39 is 17.0 Å². The number of halogens is 5. The highest BCUT2D eigenvalue weighted by Gasteiger charge is 2.20. The molecule has 2 rings (SSSR count). The summed E-state index contributed by atoms with van der Waals surface area (Å²) in [6.07, 6.45) is 0.168. The van der Waals surface area contributed by atoms with Gasteiger partial charge in [0, 0.05) is 22.2 Å². The average Bonchev–Trinajstić information content (AvgIpc) is 2.45. The molecular weight excluding hydrogens is 385 g/mol. The van der Waals surface area contributed by atoms with Gasteiger partial charge >= 0.3 is 0 Å². The number of rotatable bonds is 4. The van der Waals surface area contributed by atoms with Crippen LogP contribution in [0.2, 0.25) is 5.02 Å². The van der Waals surface area contributed by atoms with E-state index in [1.54, 1.807) is 6.07 Å². The molecule has 112 valence electrons. The Labute approximate surface area is 140 Å². The van der Waals surface area contributed by atoms with Gasteiger partial charge in [-0.3, -0.25) is 0 Å². The van der Waals surface area contributed by atoms with Gasteiger partial charge in [-0.25, -0.2) is 8.78 Å². The molecule has 0 saturated carbocycles. The van der Waals surface area contributed by atoms with Crippen LogP contribution in [0.15, 0.2) is 34.8 Å². The predicted molar refractivity (Wildman–Crippen MR) is 84.4 cm³/mol. The van der Waals surface area contributed by atoms with Crippen molar-refractivity contribution in [3.63, 3.8) is 0 Å². The van der Waals surface area contributed by atoms with E-state index in [2.05, 4.69) is 15.9 Å². The lowest BCUT2D eigenvalue weighted by Gasteiger charge is -2.16. The van der Waals surface area contributed by atoms with E-state index in [-0.39, 0.29) is 10.9 Å². The van der Waals surface area contributed by atoms with E-state index in [4.69, 9.17) is 27.9 Å². The Balaban J connectivity index is 2.37. The highest BCUT2D eigenvalue weighted by molar-refractivity contribution is 9.10. The Morgan fingerprint density at radius 1 is 1.24 bits per heavy atom. The number of alkyl halides is 1. The number of hydrogen-bond donors (Lipinski definition) is 0. The van der Waals surface area contributed by atoms with Gasteiger partial charge in [0.25, 0.3) is 0 Å². The van der Waals surface area contributed by atoms with Gasteiger partial charge in [-0.05, 0) is 40.5 Å². The van der Waals surface area contributed by atoms with Crippen molar-refractivity contribution in [2.24, 2.45) is 0 Å². The van der Waals surface area contributed by atoms with Crippen molar-refractivity contribution in [2.75, 3.05) is 7.11 Å². The fraction of sp³-hybridized carbons (Fsp3) is 0.200. The molecule has 0 radical (unpaired) electrons. The molecule has 1 unspecified atom stereocenters. The van der Waals surface area contributed by atoms with Crippen LogP contribution in [0.25, 0.3) is 0 Å². The normalized spacial score (nSPS) is 12.3. The number of methoxy groups -OCH3 is 1. The lowest BCUT2D eigenvalue weighted by Crippen LogP contribution is -2.02. The third kappa shape index (κ3) is 3.68. The van der Waals surface area contributed by atoms with Crippen molar-refractivity contribution in [1.82, 2.24) is 0 Å². The first-order valence-corrected chi connectivity index (χ1v) is 7.64. The topological polar surface area (TPSA) is 9.23 Å². The number of hydrogen-bond acceptors (Lipinski definition) is 1. The van der Waals surface area contributed by atoms with Crippen molar-refractivity contribution in [3.8, 4) is 5.75 Å². The summed E-state index contributed by atoms with van der Waals surface area (Å²) in [5, 5.41) is -0.299. The maximum Gasteiger partial charge on any atom is 0.141 e. The SMILES string of the molecule is COc1cc(F)c(Br)cc1C(Cl)Cc1c(F)cccc1Cl. The summed E-state index contributed by atoms with van der Waals surface area (Å²) >= 11 is 15.4. The second-order valence-electron chi connectivity index (χ2n) is 4.38. The van der Waals surface area contributed by atoms with Gasteiger partial charge in [0.05, 0.1) is 17.0 Å². The molecule has 0 aliphatic rings. The molecule has 1 atom stereocenters.